The second-order valence-corrected chi connectivity index (χ2v) is 6.30. The smallest absolute Gasteiger partial charge is 0.158 e. The lowest BCUT2D eigenvalue weighted by Gasteiger charge is -2.26. The highest BCUT2D eigenvalue weighted by Crippen LogP contribution is 2.37. The molecule has 2 heterocycles. The third-order valence-corrected chi connectivity index (χ3v) is 4.74. The number of ether oxygens (including phenoxy) is 2. The van der Waals surface area contributed by atoms with E-state index in [0.29, 0.717) is 6.61 Å². The summed E-state index contributed by atoms with van der Waals surface area (Å²) in [5.41, 5.74) is 3.08. The van der Waals surface area contributed by atoms with Crippen molar-refractivity contribution in [2.75, 3.05) is 25.2 Å². The summed E-state index contributed by atoms with van der Waals surface area (Å²) in [5.74, 6) is 0.850. The molecule has 0 radical (unpaired) electrons. The van der Waals surface area contributed by atoms with Crippen LogP contribution in [0.2, 0.25) is 5.02 Å². The zero-order valence-electron chi connectivity index (χ0n) is 13.9. The van der Waals surface area contributed by atoms with Crippen LogP contribution in [0.25, 0.3) is 5.69 Å². The van der Waals surface area contributed by atoms with E-state index < -0.39 is 0 Å². The van der Waals surface area contributed by atoms with Gasteiger partial charge in [0.05, 0.1) is 30.1 Å². The van der Waals surface area contributed by atoms with Crippen LogP contribution in [0.1, 0.15) is 11.8 Å². The summed E-state index contributed by atoms with van der Waals surface area (Å²) in [7, 11) is 1.69. The van der Waals surface area contributed by atoms with E-state index in [-0.39, 0.29) is 6.23 Å². The Morgan fingerprint density at radius 3 is 2.60 bits per heavy atom. The standard InChI is InChI=1S/C20H19ClN2O2/c1-24-19-9-5-4-8-18(19)23-12-13-25-20(23)15-10-11-22(14-15)17-7-3-2-6-16(17)21/h2-11,14,20H,12-13H2,1H3. The topological polar surface area (TPSA) is 26.6 Å². The normalized spacial score (nSPS) is 17.0. The number of nitrogens with zero attached hydrogens (tertiary/aromatic N) is 2. The summed E-state index contributed by atoms with van der Waals surface area (Å²) < 4.78 is 13.5. The summed E-state index contributed by atoms with van der Waals surface area (Å²) in [6.07, 6.45) is 3.94. The van der Waals surface area contributed by atoms with Crippen LogP contribution in [0.15, 0.2) is 67.0 Å². The van der Waals surface area contributed by atoms with Gasteiger partial charge in [-0.25, -0.2) is 0 Å². The highest BCUT2D eigenvalue weighted by molar-refractivity contribution is 6.32. The van der Waals surface area contributed by atoms with Crippen LogP contribution in [0.5, 0.6) is 5.75 Å². The fourth-order valence-electron chi connectivity index (χ4n) is 3.23. The number of aromatic nitrogens is 1. The van der Waals surface area contributed by atoms with Crippen LogP contribution >= 0.6 is 11.6 Å². The number of hydrogen-bond acceptors (Lipinski definition) is 3. The molecule has 2 aromatic carbocycles. The van der Waals surface area contributed by atoms with Crippen molar-refractivity contribution in [2.24, 2.45) is 0 Å². The largest absolute Gasteiger partial charge is 0.495 e. The van der Waals surface area contributed by atoms with Crippen molar-refractivity contribution in [1.82, 2.24) is 4.57 Å². The lowest BCUT2D eigenvalue weighted by molar-refractivity contribution is 0.113. The van der Waals surface area contributed by atoms with Crippen molar-refractivity contribution in [3.05, 3.63) is 77.6 Å². The quantitative estimate of drug-likeness (QED) is 0.681. The van der Waals surface area contributed by atoms with E-state index in [1.807, 2.05) is 53.2 Å². The number of anilines is 1. The zero-order chi connectivity index (χ0) is 17.2. The first-order chi connectivity index (χ1) is 12.3. The molecule has 0 amide bonds. The minimum Gasteiger partial charge on any atom is -0.495 e. The van der Waals surface area contributed by atoms with Gasteiger partial charge in [-0.1, -0.05) is 35.9 Å². The molecule has 1 aromatic heterocycles. The number of benzene rings is 2. The molecule has 1 atom stereocenters. The molecule has 5 heteroatoms. The summed E-state index contributed by atoms with van der Waals surface area (Å²) in [6, 6.07) is 17.9. The second-order valence-electron chi connectivity index (χ2n) is 5.89. The maximum atomic E-state index is 6.31. The number of halogens is 1. The van der Waals surface area contributed by atoms with E-state index in [0.717, 1.165) is 34.3 Å². The van der Waals surface area contributed by atoms with Gasteiger partial charge in [-0.15, -0.1) is 0 Å². The Bertz CT molecular complexity index is 877. The molecule has 1 unspecified atom stereocenters. The molecule has 3 aromatic rings. The summed E-state index contributed by atoms with van der Waals surface area (Å²) in [6.45, 7) is 1.50. The van der Waals surface area contributed by atoms with Gasteiger partial charge in [-0.3, -0.25) is 0 Å². The molecular weight excluding hydrogens is 336 g/mol. The third kappa shape index (κ3) is 2.99. The van der Waals surface area contributed by atoms with E-state index in [1.165, 1.54) is 0 Å². The Balaban J connectivity index is 1.67. The van der Waals surface area contributed by atoms with Crippen molar-refractivity contribution in [3.63, 3.8) is 0 Å². The van der Waals surface area contributed by atoms with Crippen LogP contribution in [-0.4, -0.2) is 24.8 Å². The predicted octanol–water partition coefficient (Wildman–Crippen LogP) is 4.67. The zero-order valence-corrected chi connectivity index (χ0v) is 14.7. The van der Waals surface area contributed by atoms with Crippen molar-refractivity contribution in [1.29, 1.82) is 0 Å². The molecule has 1 saturated heterocycles. The minimum absolute atomic E-state index is 0.139. The monoisotopic (exact) mass is 354 g/mol. The van der Waals surface area contributed by atoms with Gasteiger partial charge in [0.15, 0.2) is 6.23 Å². The Kier molecular flexibility index (Phi) is 4.38. The molecule has 0 aliphatic carbocycles. The molecule has 0 bridgehead atoms. The fourth-order valence-corrected chi connectivity index (χ4v) is 3.46. The number of methoxy groups -OCH3 is 1. The van der Waals surface area contributed by atoms with Gasteiger partial charge in [-0.05, 0) is 30.3 Å². The van der Waals surface area contributed by atoms with Gasteiger partial charge in [0.25, 0.3) is 0 Å². The van der Waals surface area contributed by atoms with Gasteiger partial charge in [0.2, 0.25) is 0 Å². The molecule has 0 spiro atoms. The highest BCUT2D eigenvalue weighted by Gasteiger charge is 2.29. The summed E-state index contributed by atoms with van der Waals surface area (Å²) >= 11 is 6.31. The van der Waals surface area contributed by atoms with Crippen LogP contribution in [-0.2, 0) is 4.74 Å². The average Bonchev–Trinajstić information content (AvgIpc) is 3.31. The van der Waals surface area contributed by atoms with E-state index in [2.05, 4.69) is 23.2 Å². The molecule has 4 nitrogen and oxygen atoms in total. The van der Waals surface area contributed by atoms with E-state index in [9.17, 15) is 0 Å². The molecule has 0 N–H and O–H groups in total. The van der Waals surface area contributed by atoms with Crippen molar-refractivity contribution in [3.8, 4) is 11.4 Å². The number of rotatable bonds is 4. The van der Waals surface area contributed by atoms with Gasteiger partial charge in [0, 0.05) is 24.5 Å². The van der Waals surface area contributed by atoms with Crippen LogP contribution < -0.4 is 9.64 Å². The first-order valence-corrected chi connectivity index (χ1v) is 8.60. The van der Waals surface area contributed by atoms with Gasteiger partial charge < -0.3 is 18.9 Å². The lowest BCUT2D eigenvalue weighted by atomic mass is 10.2. The first kappa shape index (κ1) is 16.1. The maximum Gasteiger partial charge on any atom is 0.158 e. The summed E-state index contributed by atoms with van der Waals surface area (Å²) in [5, 5.41) is 0.721. The van der Waals surface area contributed by atoms with Gasteiger partial charge >= 0.3 is 0 Å². The molecule has 1 fully saturated rings. The van der Waals surface area contributed by atoms with Crippen LogP contribution in [0.4, 0.5) is 5.69 Å². The third-order valence-electron chi connectivity index (χ3n) is 4.42. The predicted molar refractivity (Wildman–Crippen MR) is 99.8 cm³/mol. The average molecular weight is 355 g/mol. The lowest BCUT2D eigenvalue weighted by Crippen LogP contribution is -2.23. The molecule has 25 heavy (non-hydrogen) atoms. The first-order valence-electron chi connectivity index (χ1n) is 8.22. The van der Waals surface area contributed by atoms with Crippen molar-refractivity contribution in [2.45, 2.75) is 6.23 Å². The van der Waals surface area contributed by atoms with Crippen LogP contribution in [0, 0.1) is 0 Å². The van der Waals surface area contributed by atoms with Gasteiger partial charge in [0.1, 0.15) is 5.75 Å². The highest BCUT2D eigenvalue weighted by atomic mass is 35.5. The van der Waals surface area contributed by atoms with Crippen molar-refractivity contribution >= 4 is 17.3 Å². The molecular formula is C20H19ClN2O2. The van der Waals surface area contributed by atoms with E-state index in [1.54, 1.807) is 7.11 Å². The molecule has 4 rings (SSSR count). The Labute approximate surface area is 152 Å². The number of hydrogen-bond donors (Lipinski definition) is 0. The second kappa shape index (κ2) is 6.82. The maximum absolute atomic E-state index is 6.31. The van der Waals surface area contributed by atoms with Gasteiger partial charge in [-0.2, -0.15) is 0 Å². The minimum atomic E-state index is -0.139. The van der Waals surface area contributed by atoms with Crippen LogP contribution in [0.3, 0.4) is 0 Å². The number of para-hydroxylation sites is 3. The molecule has 0 saturated carbocycles. The van der Waals surface area contributed by atoms with Crippen molar-refractivity contribution < 1.29 is 9.47 Å². The molecule has 1 aliphatic rings. The SMILES string of the molecule is COc1ccccc1N1CCOC1c1ccn(-c2ccccc2Cl)c1. The summed E-state index contributed by atoms with van der Waals surface area (Å²) in [4.78, 5) is 2.23. The molecule has 128 valence electrons. The van der Waals surface area contributed by atoms with E-state index >= 15 is 0 Å². The van der Waals surface area contributed by atoms with E-state index in [4.69, 9.17) is 21.1 Å². The Morgan fingerprint density at radius 2 is 1.80 bits per heavy atom. The Morgan fingerprint density at radius 1 is 1.04 bits per heavy atom. The molecule has 1 aliphatic heterocycles. The Hall–Kier alpha value is -2.43. The fraction of sp³-hybridized carbons (Fsp3) is 0.200.